The van der Waals surface area contributed by atoms with Crippen molar-refractivity contribution in [1.29, 1.82) is 0 Å². The highest BCUT2D eigenvalue weighted by Crippen LogP contribution is 2.40. The van der Waals surface area contributed by atoms with E-state index in [1.54, 1.807) is 0 Å². The molecule has 0 saturated carbocycles. The lowest BCUT2D eigenvalue weighted by atomic mass is 9.68. The van der Waals surface area contributed by atoms with E-state index in [-0.39, 0.29) is 16.7 Å². The molecule has 2 nitrogen and oxygen atoms in total. The van der Waals surface area contributed by atoms with Crippen molar-refractivity contribution in [2.75, 3.05) is 0 Å². The lowest BCUT2D eigenvalue weighted by molar-refractivity contribution is -0.120. The van der Waals surface area contributed by atoms with E-state index >= 15 is 0 Å². The number of amides is 1. The van der Waals surface area contributed by atoms with E-state index < -0.39 is 0 Å². The average Bonchev–Trinajstić information content (AvgIpc) is 2.27. The fourth-order valence-corrected chi connectivity index (χ4v) is 3.10. The van der Waals surface area contributed by atoms with Gasteiger partial charge in [-0.05, 0) is 29.2 Å². The quantitative estimate of drug-likeness (QED) is 0.793. The van der Waals surface area contributed by atoms with Gasteiger partial charge < -0.3 is 5.73 Å². The molecule has 0 aromatic heterocycles. The molecule has 1 amide bonds. The van der Waals surface area contributed by atoms with E-state index in [1.165, 1.54) is 5.56 Å². The molecular weight excluding hydrogens is 234 g/mol. The number of rotatable bonds is 7. The molecule has 106 valence electrons. The number of nitrogens with two attached hydrogens (primary N) is 1. The minimum absolute atomic E-state index is 0.00408. The van der Waals surface area contributed by atoms with Crippen LogP contribution in [0, 0.1) is 10.8 Å². The van der Waals surface area contributed by atoms with Gasteiger partial charge in [0.15, 0.2) is 0 Å². The highest BCUT2D eigenvalue weighted by molar-refractivity contribution is 5.74. The van der Waals surface area contributed by atoms with Crippen molar-refractivity contribution in [2.24, 2.45) is 16.6 Å². The molecule has 0 aliphatic carbocycles. The molecule has 0 bridgehead atoms. The minimum Gasteiger partial charge on any atom is -0.370 e. The van der Waals surface area contributed by atoms with Crippen molar-refractivity contribution >= 4 is 5.91 Å². The van der Waals surface area contributed by atoms with Gasteiger partial charge in [-0.15, -0.1) is 0 Å². The zero-order chi connectivity index (χ0) is 14.5. The van der Waals surface area contributed by atoms with Crippen LogP contribution >= 0.6 is 0 Å². The first-order valence-electron chi connectivity index (χ1n) is 7.09. The smallest absolute Gasteiger partial charge is 0.217 e. The minimum atomic E-state index is -0.195. The van der Waals surface area contributed by atoms with Crippen LogP contribution in [0.5, 0.6) is 0 Å². The van der Waals surface area contributed by atoms with Crippen molar-refractivity contribution in [3.05, 3.63) is 35.9 Å². The Hall–Kier alpha value is -1.31. The first-order valence-corrected chi connectivity index (χ1v) is 7.09. The Balaban J connectivity index is 2.74. The summed E-state index contributed by atoms with van der Waals surface area (Å²) in [7, 11) is 0. The molecule has 0 aliphatic rings. The summed E-state index contributed by atoms with van der Waals surface area (Å²) in [6, 6.07) is 10.5. The monoisotopic (exact) mass is 261 g/mol. The zero-order valence-corrected chi connectivity index (χ0v) is 12.7. The fraction of sp³-hybridized carbons (Fsp3) is 0.588. The summed E-state index contributed by atoms with van der Waals surface area (Å²) in [5.74, 6) is -0.195. The van der Waals surface area contributed by atoms with E-state index in [0.717, 1.165) is 19.3 Å². The second-order valence-electron chi connectivity index (χ2n) is 6.81. The predicted molar refractivity (Wildman–Crippen MR) is 80.8 cm³/mol. The Morgan fingerprint density at radius 2 is 1.74 bits per heavy atom. The highest BCUT2D eigenvalue weighted by Gasteiger charge is 2.32. The first-order chi connectivity index (χ1) is 8.76. The summed E-state index contributed by atoms with van der Waals surface area (Å²) in [6.07, 6.45) is 3.49. The van der Waals surface area contributed by atoms with Gasteiger partial charge in [0, 0.05) is 6.42 Å². The molecule has 2 N–H and O–H groups in total. The maximum Gasteiger partial charge on any atom is 0.217 e. The molecule has 0 spiro atoms. The molecule has 2 heteroatoms. The number of hydrogen-bond acceptors (Lipinski definition) is 1. The summed E-state index contributed by atoms with van der Waals surface area (Å²) in [5.41, 5.74) is 6.91. The molecule has 0 saturated heterocycles. The van der Waals surface area contributed by atoms with Crippen LogP contribution in [0.4, 0.5) is 0 Å². The number of benzene rings is 1. The molecule has 0 fully saturated rings. The summed E-state index contributed by atoms with van der Waals surface area (Å²) >= 11 is 0. The fourth-order valence-electron chi connectivity index (χ4n) is 3.10. The zero-order valence-electron chi connectivity index (χ0n) is 12.7. The number of hydrogen-bond donors (Lipinski definition) is 1. The molecule has 0 radical (unpaired) electrons. The summed E-state index contributed by atoms with van der Waals surface area (Å²) < 4.78 is 0. The van der Waals surface area contributed by atoms with E-state index in [9.17, 15) is 4.79 Å². The lowest BCUT2D eigenvalue weighted by Crippen LogP contribution is -2.31. The third kappa shape index (κ3) is 5.46. The Bertz CT molecular complexity index is 411. The van der Waals surface area contributed by atoms with Crippen LogP contribution in [0.2, 0.25) is 0 Å². The Morgan fingerprint density at radius 3 is 2.21 bits per heavy atom. The van der Waals surface area contributed by atoms with Gasteiger partial charge >= 0.3 is 0 Å². The van der Waals surface area contributed by atoms with Gasteiger partial charge in [-0.3, -0.25) is 4.79 Å². The Morgan fingerprint density at radius 1 is 1.16 bits per heavy atom. The molecule has 0 aliphatic heterocycles. The van der Waals surface area contributed by atoms with E-state index in [1.807, 2.05) is 6.07 Å². The standard InChI is InChI=1S/C17H27NO/c1-5-17(4,12-15(18)19)13-16(2,3)11-14-9-7-6-8-10-14/h6-10H,5,11-13H2,1-4H3,(H2,18,19). The van der Waals surface area contributed by atoms with Crippen LogP contribution in [0.1, 0.15) is 52.5 Å². The average molecular weight is 261 g/mol. The topological polar surface area (TPSA) is 43.1 Å². The van der Waals surface area contributed by atoms with Gasteiger partial charge in [0.1, 0.15) is 0 Å². The number of primary amides is 1. The van der Waals surface area contributed by atoms with Gasteiger partial charge in [-0.1, -0.05) is 64.4 Å². The van der Waals surface area contributed by atoms with Crippen molar-refractivity contribution < 1.29 is 4.79 Å². The van der Waals surface area contributed by atoms with Crippen molar-refractivity contribution in [2.45, 2.75) is 53.4 Å². The van der Waals surface area contributed by atoms with Crippen LogP contribution in [0.25, 0.3) is 0 Å². The number of carbonyl (C=O) groups is 1. The van der Waals surface area contributed by atoms with Gasteiger partial charge in [0.25, 0.3) is 0 Å². The molecule has 1 unspecified atom stereocenters. The van der Waals surface area contributed by atoms with Gasteiger partial charge in [-0.25, -0.2) is 0 Å². The molecular formula is C17H27NO. The third-order valence-electron chi connectivity index (χ3n) is 3.89. The molecule has 1 aromatic carbocycles. The highest BCUT2D eigenvalue weighted by atomic mass is 16.1. The molecule has 19 heavy (non-hydrogen) atoms. The molecule has 1 rings (SSSR count). The Labute approximate surface area is 117 Å². The second-order valence-corrected chi connectivity index (χ2v) is 6.81. The normalized spacial score (nSPS) is 14.9. The third-order valence-corrected chi connectivity index (χ3v) is 3.89. The van der Waals surface area contributed by atoms with Gasteiger partial charge in [0.05, 0.1) is 0 Å². The summed E-state index contributed by atoms with van der Waals surface area (Å²) in [5, 5.41) is 0. The number of carbonyl (C=O) groups excluding carboxylic acids is 1. The first kappa shape index (κ1) is 15.7. The van der Waals surface area contributed by atoms with Crippen molar-refractivity contribution in [3.8, 4) is 0 Å². The van der Waals surface area contributed by atoms with Crippen LogP contribution < -0.4 is 5.73 Å². The van der Waals surface area contributed by atoms with E-state index in [0.29, 0.717) is 6.42 Å². The van der Waals surface area contributed by atoms with Crippen molar-refractivity contribution in [1.82, 2.24) is 0 Å². The molecule has 1 atom stereocenters. The van der Waals surface area contributed by atoms with Crippen LogP contribution in [-0.4, -0.2) is 5.91 Å². The van der Waals surface area contributed by atoms with E-state index in [4.69, 9.17) is 5.73 Å². The predicted octanol–water partition coefficient (Wildman–Crippen LogP) is 3.94. The van der Waals surface area contributed by atoms with Crippen molar-refractivity contribution in [3.63, 3.8) is 0 Å². The Kier molecular flexibility index (Phi) is 5.16. The van der Waals surface area contributed by atoms with E-state index in [2.05, 4.69) is 52.0 Å². The molecule has 1 aromatic rings. The lowest BCUT2D eigenvalue weighted by Gasteiger charge is -2.36. The molecule has 0 heterocycles. The maximum atomic E-state index is 11.2. The van der Waals surface area contributed by atoms with Crippen LogP contribution in [0.3, 0.4) is 0 Å². The van der Waals surface area contributed by atoms with Crippen LogP contribution in [0.15, 0.2) is 30.3 Å². The summed E-state index contributed by atoms with van der Waals surface area (Å²) in [4.78, 5) is 11.2. The van der Waals surface area contributed by atoms with Gasteiger partial charge in [0.2, 0.25) is 5.91 Å². The summed E-state index contributed by atoms with van der Waals surface area (Å²) in [6.45, 7) is 8.86. The van der Waals surface area contributed by atoms with Crippen LogP contribution in [-0.2, 0) is 11.2 Å². The second kappa shape index (κ2) is 6.23. The SMILES string of the molecule is CCC(C)(CC(N)=O)CC(C)(C)Cc1ccccc1. The largest absolute Gasteiger partial charge is 0.370 e. The maximum absolute atomic E-state index is 11.2. The van der Waals surface area contributed by atoms with Gasteiger partial charge in [-0.2, -0.15) is 0 Å².